The molecule has 1 aromatic rings. The Balaban J connectivity index is 2.22. The zero-order valence-corrected chi connectivity index (χ0v) is 11.3. The van der Waals surface area contributed by atoms with E-state index in [0.717, 1.165) is 25.1 Å². The topological polar surface area (TPSA) is 49.5 Å². The number of likely N-dealkylation sites (tertiary alicyclic amines) is 1. The van der Waals surface area contributed by atoms with Crippen molar-refractivity contribution in [1.82, 2.24) is 4.90 Å². The van der Waals surface area contributed by atoms with Crippen LogP contribution < -0.4 is 5.73 Å². The molecule has 18 heavy (non-hydrogen) atoms. The highest BCUT2D eigenvalue weighted by atomic mass is 16.3. The van der Waals surface area contributed by atoms with E-state index in [4.69, 9.17) is 5.73 Å². The van der Waals surface area contributed by atoms with Crippen LogP contribution in [0.1, 0.15) is 38.3 Å². The second kappa shape index (κ2) is 5.72. The Morgan fingerprint density at radius 3 is 2.72 bits per heavy atom. The lowest BCUT2D eigenvalue weighted by Crippen LogP contribution is -2.32. The van der Waals surface area contributed by atoms with Crippen molar-refractivity contribution in [2.45, 2.75) is 38.8 Å². The van der Waals surface area contributed by atoms with Crippen molar-refractivity contribution in [3.63, 3.8) is 0 Å². The van der Waals surface area contributed by atoms with E-state index in [1.807, 2.05) is 18.2 Å². The number of phenols is 1. The summed E-state index contributed by atoms with van der Waals surface area (Å²) >= 11 is 0. The van der Waals surface area contributed by atoms with Crippen LogP contribution in [0.2, 0.25) is 0 Å². The summed E-state index contributed by atoms with van der Waals surface area (Å²) in [7, 11) is 0. The number of hydrogen-bond donors (Lipinski definition) is 2. The molecule has 1 heterocycles. The molecule has 0 saturated carbocycles. The van der Waals surface area contributed by atoms with Crippen LogP contribution in [0.25, 0.3) is 0 Å². The van der Waals surface area contributed by atoms with Gasteiger partial charge in [-0.15, -0.1) is 0 Å². The van der Waals surface area contributed by atoms with Gasteiger partial charge < -0.3 is 10.8 Å². The van der Waals surface area contributed by atoms with Gasteiger partial charge in [-0.2, -0.15) is 0 Å². The Morgan fingerprint density at radius 1 is 1.44 bits per heavy atom. The number of aromatic hydroxyl groups is 1. The molecular formula is C15H24N2O. The van der Waals surface area contributed by atoms with Crippen molar-refractivity contribution in [2.75, 3.05) is 13.1 Å². The fraction of sp³-hybridized carbons (Fsp3) is 0.600. The lowest BCUT2D eigenvalue weighted by atomic mass is 10.0. The summed E-state index contributed by atoms with van der Waals surface area (Å²) in [5, 5.41) is 10.0. The number of phenolic OH excluding ortho intramolecular Hbond substituents is 1. The Bertz CT molecular complexity index is 394. The fourth-order valence-corrected chi connectivity index (χ4v) is 3.18. The number of benzene rings is 1. The first-order chi connectivity index (χ1) is 8.67. The minimum atomic E-state index is 0.303. The lowest BCUT2D eigenvalue weighted by Gasteiger charge is -2.31. The van der Waals surface area contributed by atoms with Crippen LogP contribution in [-0.2, 0) is 0 Å². The molecule has 3 heteroatoms. The predicted octanol–water partition coefficient (Wildman–Crippen LogP) is 2.51. The van der Waals surface area contributed by atoms with E-state index >= 15 is 0 Å². The molecule has 3 N–H and O–H groups in total. The molecule has 0 spiro atoms. The van der Waals surface area contributed by atoms with E-state index in [1.54, 1.807) is 6.07 Å². The highest BCUT2D eigenvalue weighted by Gasteiger charge is 2.33. The molecule has 0 radical (unpaired) electrons. The van der Waals surface area contributed by atoms with E-state index in [9.17, 15) is 5.11 Å². The van der Waals surface area contributed by atoms with Crippen molar-refractivity contribution >= 4 is 0 Å². The molecule has 0 aromatic heterocycles. The second-order valence-electron chi connectivity index (χ2n) is 5.37. The van der Waals surface area contributed by atoms with Gasteiger partial charge in [0.05, 0.1) is 0 Å². The predicted molar refractivity (Wildman–Crippen MR) is 74.5 cm³/mol. The van der Waals surface area contributed by atoms with Crippen LogP contribution >= 0.6 is 0 Å². The maximum Gasteiger partial charge on any atom is 0.120 e. The Kier molecular flexibility index (Phi) is 4.25. The summed E-state index contributed by atoms with van der Waals surface area (Å²) in [6, 6.07) is 8.53. The molecular weight excluding hydrogens is 224 g/mol. The van der Waals surface area contributed by atoms with Crippen molar-refractivity contribution in [2.24, 2.45) is 11.7 Å². The number of nitrogens with zero attached hydrogens (tertiary/aromatic N) is 1. The number of rotatable bonds is 4. The van der Waals surface area contributed by atoms with Gasteiger partial charge >= 0.3 is 0 Å². The summed E-state index contributed by atoms with van der Waals surface area (Å²) < 4.78 is 0. The van der Waals surface area contributed by atoms with Gasteiger partial charge in [0.2, 0.25) is 0 Å². The maximum atomic E-state index is 10.0. The third-order valence-corrected chi connectivity index (χ3v) is 4.13. The Morgan fingerprint density at radius 2 is 2.17 bits per heavy atom. The Labute approximate surface area is 110 Å². The molecule has 3 nitrogen and oxygen atoms in total. The highest BCUT2D eigenvalue weighted by molar-refractivity contribution is 5.34. The van der Waals surface area contributed by atoms with Gasteiger partial charge in [-0.25, -0.2) is 0 Å². The van der Waals surface area contributed by atoms with Crippen LogP contribution in [0.15, 0.2) is 24.3 Å². The molecule has 1 aliphatic heterocycles. The molecule has 0 bridgehead atoms. The molecule has 1 fully saturated rings. The number of para-hydroxylation sites is 1. The van der Waals surface area contributed by atoms with Gasteiger partial charge in [0.1, 0.15) is 5.75 Å². The van der Waals surface area contributed by atoms with E-state index in [2.05, 4.69) is 18.7 Å². The SMILES string of the molecule is CCC(c1ccccc1O)N1CC(CN)CC1C. The first-order valence-corrected chi connectivity index (χ1v) is 6.91. The highest BCUT2D eigenvalue weighted by Crippen LogP contribution is 2.36. The van der Waals surface area contributed by atoms with Gasteiger partial charge in [0.15, 0.2) is 0 Å². The zero-order valence-electron chi connectivity index (χ0n) is 11.3. The minimum Gasteiger partial charge on any atom is -0.508 e. The largest absolute Gasteiger partial charge is 0.508 e. The van der Waals surface area contributed by atoms with Crippen LogP contribution in [0.4, 0.5) is 0 Å². The standard InChI is InChI=1S/C15H24N2O/c1-3-14(13-6-4-5-7-15(13)18)17-10-12(9-16)8-11(17)2/h4-7,11-12,14,18H,3,8-10,16H2,1-2H3. The molecule has 3 unspecified atom stereocenters. The van der Waals surface area contributed by atoms with E-state index in [1.165, 1.54) is 6.42 Å². The van der Waals surface area contributed by atoms with Crippen LogP contribution in [-0.4, -0.2) is 29.1 Å². The summed E-state index contributed by atoms with van der Waals surface area (Å²) in [4.78, 5) is 2.49. The van der Waals surface area contributed by atoms with E-state index in [0.29, 0.717) is 23.8 Å². The molecule has 1 aliphatic rings. The third kappa shape index (κ3) is 2.52. The summed E-state index contributed by atoms with van der Waals surface area (Å²) in [6.07, 6.45) is 2.18. The molecule has 0 amide bonds. The summed E-state index contributed by atoms with van der Waals surface area (Å²) in [5.41, 5.74) is 6.84. The molecule has 3 atom stereocenters. The average Bonchev–Trinajstić information content (AvgIpc) is 2.74. The maximum absolute atomic E-state index is 10.0. The number of hydrogen-bond acceptors (Lipinski definition) is 3. The summed E-state index contributed by atoms with van der Waals surface area (Å²) in [6.45, 7) is 6.25. The van der Waals surface area contributed by atoms with Crippen molar-refractivity contribution in [3.05, 3.63) is 29.8 Å². The first kappa shape index (κ1) is 13.4. The summed E-state index contributed by atoms with van der Waals surface area (Å²) in [5.74, 6) is 1.01. The number of nitrogens with two attached hydrogens (primary N) is 1. The second-order valence-corrected chi connectivity index (χ2v) is 5.37. The molecule has 0 aliphatic carbocycles. The van der Waals surface area contributed by atoms with E-state index in [-0.39, 0.29) is 0 Å². The van der Waals surface area contributed by atoms with Crippen LogP contribution in [0.3, 0.4) is 0 Å². The van der Waals surface area contributed by atoms with Crippen LogP contribution in [0.5, 0.6) is 5.75 Å². The zero-order chi connectivity index (χ0) is 13.1. The van der Waals surface area contributed by atoms with Crippen molar-refractivity contribution < 1.29 is 5.11 Å². The lowest BCUT2D eigenvalue weighted by molar-refractivity contribution is 0.179. The normalized spacial score (nSPS) is 26.4. The van der Waals surface area contributed by atoms with Gasteiger partial charge in [0.25, 0.3) is 0 Å². The smallest absolute Gasteiger partial charge is 0.120 e. The molecule has 2 rings (SSSR count). The molecule has 1 aromatic carbocycles. The first-order valence-electron chi connectivity index (χ1n) is 6.91. The monoisotopic (exact) mass is 248 g/mol. The quantitative estimate of drug-likeness (QED) is 0.860. The molecule has 1 saturated heterocycles. The van der Waals surface area contributed by atoms with Crippen molar-refractivity contribution in [3.8, 4) is 5.75 Å². The van der Waals surface area contributed by atoms with E-state index < -0.39 is 0 Å². The average molecular weight is 248 g/mol. The fourth-order valence-electron chi connectivity index (χ4n) is 3.18. The van der Waals surface area contributed by atoms with Crippen molar-refractivity contribution in [1.29, 1.82) is 0 Å². The third-order valence-electron chi connectivity index (χ3n) is 4.13. The molecule has 100 valence electrons. The van der Waals surface area contributed by atoms with Gasteiger partial charge in [-0.05, 0) is 38.3 Å². The van der Waals surface area contributed by atoms with Crippen LogP contribution in [0, 0.1) is 5.92 Å². The van der Waals surface area contributed by atoms with Gasteiger partial charge in [0, 0.05) is 24.2 Å². The van der Waals surface area contributed by atoms with Gasteiger partial charge in [-0.3, -0.25) is 4.90 Å². The Hall–Kier alpha value is -1.06. The van der Waals surface area contributed by atoms with Gasteiger partial charge in [-0.1, -0.05) is 25.1 Å². The minimum absolute atomic E-state index is 0.303.